The Labute approximate surface area is 185 Å². The van der Waals surface area contributed by atoms with Crippen molar-refractivity contribution in [3.63, 3.8) is 0 Å². The number of alkyl halides is 3. The molecule has 0 radical (unpaired) electrons. The molecule has 1 amide bonds. The largest absolute Gasteiger partial charge is 0.416 e. The van der Waals surface area contributed by atoms with Crippen LogP contribution in [0.3, 0.4) is 0 Å². The molecule has 0 saturated heterocycles. The number of aromatic nitrogens is 1. The minimum Gasteiger partial charge on any atom is -0.325 e. The van der Waals surface area contributed by atoms with E-state index in [-0.39, 0.29) is 18.1 Å². The van der Waals surface area contributed by atoms with Crippen molar-refractivity contribution in [3.05, 3.63) is 95.1 Å². The smallest absolute Gasteiger partial charge is 0.325 e. The molecule has 0 bridgehead atoms. The minimum atomic E-state index is -4.42. The summed E-state index contributed by atoms with van der Waals surface area (Å²) in [5, 5.41) is 5.09. The molecule has 3 nitrogen and oxygen atoms in total. The number of thiazole rings is 1. The lowest BCUT2D eigenvalue weighted by molar-refractivity contribution is -0.137. The molecule has 4 aromatic rings. The molecule has 0 spiro atoms. The van der Waals surface area contributed by atoms with Crippen molar-refractivity contribution in [2.24, 2.45) is 0 Å². The highest BCUT2D eigenvalue weighted by Crippen LogP contribution is 2.34. The van der Waals surface area contributed by atoms with E-state index in [2.05, 4.69) is 10.3 Å². The van der Waals surface area contributed by atoms with Gasteiger partial charge in [0.25, 0.3) is 0 Å². The van der Waals surface area contributed by atoms with Crippen molar-refractivity contribution in [3.8, 4) is 21.8 Å². The van der Waals surface area contributed by atoms with Gasteiger partial charge in [0, 0.05) is 16.5 Å². The summed E-state index contributed by atoms with van der Waals surface area (Å²) in [7, 11) is 0. The van der Waals surface area contributed by atoms with E-state index in [1.807, 2.05) is 0 Å². The highest BCUT2D eigenvalue weighted by Gasteiger charge is 2.30. The summed E-state index contributed by atoms with van der Waals surface area (Å²) in [5.74, 6) is -0.742. The Hall–Kier alpha value is -3.52. The molecule has 0 unspecified atom stereocenters. The maximum absolute atomic E-state index is 14.1. The van der Waals surface area contributed by atoms with E-state index in [1.165, 1.54) is 29.5 Å². The number of benzene rings is 3. The highest BCUT2D eigenvalue weighted by atomic mass is 32.1. The van der Waals surface area contributed by atoms with Crippen LogP contribution in [0.4, 0.5) is 23.2 Å². The van der Waals surface area contributed by atoms with Gasteiger partial charge in [0.1, 0.15) is 10.8 Å². The molecule has 3 aromatic carbocycles. The molecule has 0 aliphatic heterocycles. The quantitative estimate of drug-likeness (QED) is 0.335. The zero-order chi connectivity index (χ0) is 22.7. The van der Waals surface area contributed by atoms with Crippen molar-refractivity contribution in [2.75, 3.05) is 5.32 Å². The maximum Gasteiger partial charge on any atom is 0.416 e. The molecule has 0 aliphatic carbocycles. The van der Waals surface area contributed by atoms with E-state index >= 15 is 0 Å². The molecule has 1 heterocycles. The lowest BCUT2D eigenvalue weighted by Gasteiger charge is -2.10. The number of nitrogens with one attached hydrogen (secondary N) is 1. The second kappa shape index (κ2) is 8.92. The summed E-state index contributed by atoms with van der Waals surface area (Å²) in [6.07, 6.45) is -4.50. The monoisotopic (exact) mass is 456 g/mol. The van der Waals surface area contributed by atoms with Gasteiger partial charge in [0.2, 0.25) is 5.91 Å². The van der Waals surface area contributed by atoms with Crippen LogP contribution < -0.4 is 5.32 Å². The number of hydrogen-bond donors (Lipinski definition) is 1. The minimum absolute atomic E-state index is 0.0794. The number of amides is 1. The van der Waals surface area contributed by atoms with Gasteiger partial charge >= 0.3 is 6.18 Å². The second-order valence-corrected chi connectivity index (χ2v) is 7.84. The van der Waals surface area contributed by atoms with Crippen LogP contribution in [-0.2, 0) is 17.4 Å². The summed E-state index contributed by atoms with van der Waals surface area (Å²) in [4.78, 5) is 17.0. The summed E-state index contributed by atoms with van der Waals surface area (Å²) in [6, 6.07) is 17.9. The summed E-state index contributed by atoms with van der Waals surface area (Å²) in [6.45, 7) is 0. The number of rotatable bonds is 5. The van der Waals surface area contributed by atoms with Crippen LogP contribution in [0.15, 0.2) is 78.2 Å². The van der Waals surface area contributed by atoms with E-state index in [9.17, 15) is 22.4 Å². The van der Waals surface area contributed by atoms with Gasteiger partial charge in [0.15, 0.2) is 0 Å². The Morgan fingerprint density at radius 1 is 0.906 bits per heavy atom. The van der Waals surface area contributed by atoms with Gasteiger partial charge in [-0.1, -0.05) is 42.5 Å². The molecular weight excluding hydrogens is 440 g/mol. The summed E-state index contributed by atoms with van der Waals surface area (Å²) >= 11 is 1.29. The van der Waals surface area contributed by atoms with Gasteiger partial charge in [-0.05, 0) is 35.9 Å². The first kappa shape index (κ1) is 21.7. The lowest BCUT2D eigenvalue weighted by Crippen LogP contribution is -2.15. The first-order valence-corrected chi connectivity index (χ1v) is 10.4. The predicted octanol–water partition coefficient (Wildman–Crippen LogP) is 6.82. The predicted molar refractivity (Wildman–Crippen MR) is 117 cm³/mol. The first-order valence-electron chi connectivity index (χ1n) is 9.57. The third-order valence-electron chi connectivity index (χ3n) is 4.73. The van der Waals surface area contributed by atoms with E-state index in [1.54, 1.807) is 47.8 Å². The van der Waals surface area contributed by atoms with E-state index in [0.717, 1.165) is 12.1 Å². The maximum atomic E-state index is 14.1. The van der Waals surface area contributed by atoms with Crippen LogP contribution in [0.25, 0.3) is 21.8 Å². The Balaban J connectivity index is 1.52. The normalized spacial score (nSPS) is 11.4. The van der Waals surface area contributed by atoms with Crippen LogP contribution in [-0.4, -0.2) is 10.9 Å². The first-order chi connectivity index (χ1) is 15.3. The van der Waals surface area contributed by atoms with Gasteiger partial charge in [0.05, 0.1) is 23.4 Å². The van der Waals surface area contributed by atoms with Gasteiger partial charge in [-0.15, -0.1) is 11.3 Å². The van der Waals surface area contributed by atoms with Crippen molar-refractivity contribution in [2.45, 2.75) is 12.6 Å². The Bertz CT molecular complexity index is 1250. The van der Waals surface area contributed by atoms with E-state index < -0.39 is 11.7 Å². The zero-order valence-corrected chi connectivity index (χ0v) is 17.3. The van der Waals surface area contributed by atoms with Gasteiger partial charge < -0.3 is 5.32 Å². The average Bonchev–Trinajstić information content (AvgIpc) is 3.24. The second-order valence-electron chi connectivity index (χ2n) is 6.98. The summed E-state index contributed by atoms with van der Waals surface area (Å²) < 4.78 is 52.2. The molecule has 0 fully saturated rings. The molecule has 8 heteroatoms. The van der Waals surface area contributed by atoms with Crippen LogP contribution >= 0.6 is 11.3 Å². The topological polar surface area (TPSA) is 42.0 Å². The van der Waals surface area contributed by atoms with Crippen molar-refractivity contribution in [1.82, 2.24) is 4.98 Å². The van der Waals surface area contributed by atoms with E-state index in [4.69, 9.17) is 0 Å². The third-order valence-corrected chi connectivity index (χ3v) is 5.61. The Kier molecular flexibility index (Phi) is 6.05. The number of carbonyl (C=O) groups is 1. The van der Waals surface area contributed by atoms with Gasteiger partial charge in [-0.2, -0.15) is 13.2 Å². The third kappa shape index (κ3) is 4.86. The van der Waals surface area contributed by atoms with Crippen LogP contribution in [0.5, 0.6) is 0 Å². The molecular formula is C24H16F4N2OS. The Morgan fingerprint density at radius 3 is 2.25 bits per heavy atom. The fraction of sp³-hybridized carbons (Fsp3) is 0.0833. The van der Waals surface area contributed by atoms with Crippen molar-refractivity contribution >= 4 is 22.9 Å². The molecule has 0 saturated carbocycles. The van der Waals surface area contributed by atoms with Crippen LogP contribution in [0.1, 0.15) is 11.1 Å². The van der Waals surface area contributed by atoms with Gasteiger partial charge in [-0.25, -0.2) is 9.37 Å². The number of anilines is 1. The average molecular weight is 456 g/mol. The van der Waals surface area contributed by atoms with Crippen LogP contribution in [0.2, 0.25) is 0 Å². The molecule has 1 aromatic heterocycles. The SMILES string of the molecule is O=C(Cc1ccc(C(F)(F)F)cc1)Nc1ccccc1-c1csc(-c2ccccc2F)n1. The number of para-hydroxylation sites is 1. The molecule has 4 rings (SSSR count). The molecule has 162 valence electrons. The zero-order valence-electron chi connectivity index (χ0n) is 16.5. The van der Waals surface area contributed by atoms with Gasteiger partial charge in [-0.3, -0.25) is 4.79 Å². The summed E-state index contributed by atoms with van der Waals surface area (Å²) in [5.41, 5.74) is 1.85. The molecule has 0 atom stereocenters. The van der Waals surface area contributed by atoms with E-state index in [0.29, 0.717) is 33.1 Å². The fourth-order valence-corrected chi connectivity index (χ4v) is 4.01. The molecule has 32 heavy (non-hydrogen) atoms. The van der Waals surface area contributed by atoms with Crippen molar-refractivity contribution in [1.29, 1.82) is 0 Å². The number of hydrogen-bond acceptors (Lipinski definition) is 3. The van der Waals surface area contributed by atoms with Crippen LogP contribution in [0, 0.1) is 5.82 Å². The lowest BCUT2D eigenvalue weighted by atomic mass is 10.1. The van der Waals surface area contributed by atoms with Crippen molar-refractivity contribution < 1.29 is 22.4 Å². The number of carbonyl (C=O) groups excluding carboxylic acids is 1. The number of halogens is 4. The molecule has 0 aliphatic rings. The standard InChI is InChI=1S/C24H16F4N2OS/c25-19-7-3-1-5-17(19)23-30-21(14-32-23)18-6-2-4-8-20(18)29-22(31)13-15-9-11-16(12-10-15)24(26,27)28/h1-12,14H,13H2,(H,29,31). The Morgan fingerprint density at radius 2 is 1.56 bits per heavy atom. The fourth-order valence-electron chi connectivity index (χ4n) is 3.16. The highest BCUT2D eigenvalue weighted by molar-refractivity contribution is 7.13. The number of nitrogens with zero attached hydrogens (tertiary/aromatic N) is 1. The molecule has 1 N–H and O–H groups in total.